The highest BCUT2D eigenvalue weighted by atomic mass is 16.2. The zero-order chi connectivity index (χ0) is 19.0. The molecule has 0 bridgehead atoms. The van der Waals surface area contributed by atoms with Crippen molar-refractivity contribution in [3.05, 3.63) is 36.2 Å². The van der Waals surface area contributed by atoms with Crippen molar-refractivity contribution < 1.29 is 4.79 Å². The summed E-state index contributed by atoms with van der Waals surface area (Å²) >= 11 is 0. The van der Waals surface area contributed by atoms with Crippen molar-refractivity contribution in [2.45, 2.75) is 19.3 Å². The van der Waals surface area contributed by atoms with Crippen LogP contribution in [0.4, 0.5) is 11.5 Å². The largest absolute Gasteiger partial charge is 0.350 e. The highest BCUT2D eigenvalue weighted by Gasteiger charge is 2.23. The first kappa shape index (κ1) is 17.2. The Kier molecular flexibility index (Phi) is 4.35. The van der Waals surface area contributed by atoms with Crippen LogP contribution in [0.1, 0.15) is 17.7 Å². The third kappa shape index (κ3) is 3.53. The molecule has 140 valence electrons. The second kappa shape index (κ2) is 6.82. The molecule has 9 heteroatoms. The molecule has 9 nitrogen and oxygen atoms in total. The molecule has 3 heterocycles. The minimum absolute atomic E-state index is 0.116. The number of rotatable bonds is 5. The van der Waals surface area contributed by atoms with Gasteiger partial charge in [-0.2, -0.15) is 5.10 Å². The summed E-state index contributed by atoms with van der Waals surface area (Å²) in [6.45, 7) is 0.194. The van der Waals surface area contributed by atoms with Gasteiger partial charge in [-0.15, -0.1) is 0 Å². The molecule has 1 amide bonds. The van der Waals surface area contributed by atoms with Crippen molar-refractivity contribution in [1.82, 2.24) is 29.3 Å². The number of fused-ring (bicyclic) bond motifs is 1. The van der Waals surface area contributed by atoms with E-state index >= 15 is 0 Å². The second-order valence-electron chi connectivity index (χ2n) is 6.88. The first-order chi connectivity index (χ1) is 13.0. The molecule has 0 aromatic carbocycles. The number of carbonyl (C=O) groups is 1. The van der Waals surface area contributed by atoms with Crippen LogP contribution < -0.4 is 10.2 Å². The standard InChI is InChI=1S/C18H22N8O/c1-24-9-15(19-11-24)17-22-14-6-4-5-13(14)18(23-17)25(2)10-16(27)21-12-7-20-26(3)8-12/h7-9,11H,4-6,10H2,1-3H3,(H,21,27). The van der Waals surface area contributed by atoms with Crippen LogP contribution in [-0.4, -0.2) is 48.8 Å². The summed E-state index contributed by atoms with van der Waals surface area (Å²) in [5, 5.41) is 6.92. The van der Waals surface area contributed by atoms with Crippen LogP contribution in [0.5, 0.6) is 0 Å². The molecule has 0 unspecified atom stereocenters. The monoisotopic (exact) mass is 366 g/mol. The Morgan fingerprint density at radius 1 is 1.26 bits per heavy atom. The van der Waals surface area contributed by atoms with E-state index in [-0.39, 0.29) is 12.5 Å². The van der Waals surface area contributed by atoms with Crippen LogP contribution in [0.25, 0.3) is 11.5 Å². The zero-order valence-corrected chi connectivity index (χ0v) is 15.7. The normalized spacial score (nSPS) is 12.9. The van der Waals surface area contributed by atoms with Gasteiger partial charge in [-0.05, 0) is 19.3 Å². The molecule has 4 rings (SSSR count). The fourth-order valence-electron chi connectivity index (χ4n) is 3.35. The smallest absolute Gasteiger partial charge is 0.244 e. The number of aryl methyl sites for hydroxylation is 3. The lowest BCUT2D eigenvalue weighted by atomic mass is 10.2. The Balaban J connectivity index is 1.58. The Bertz CT molecular complexity index is 989. The topological polar surface area (TPSA) is 93.8 Å². The maximum atomic E-state index is 12.4. The van der Waals surface area contributed by atoms with Gasteiger partial charge in [0.1, 0.15) is 11.5 Å². The number of hydrogen-bond acceptors (Lipinski definition) is 6. The second-order valence-corrected chi connectivity index (χ2v) is 6.88. The number of amides is 1. The number of carbonyl (C=O) groups excluding carboxylic acids is 1. The lowest BCUT2D eigenvalue weighted by molar-refractivity contribution is -0.114. The molecule has 1 aliphatic rings. The van der Waals surface area contributed by atoms with Crippen LogP contribution in [-0.2, 0) is 31.7 Å². The van der Waals surface area contributed by atoms with E-state index in [2.05, 4.69) is 15.4 Å². The van der Waals surface area contributed by atoms with Gasteiger partial charge in [-0.1, -0.05) is 0 Å². The fraction of sp³-hybridized carbons (Fsp3) is 0.389. The number of nitrogens with zero attached hydrogens (tertiary/aromatic N) is 7. The molecule has 0 spiro atoms. The number of imidazole rings is 1. The fourth-order valence-corrected chi connectivity index (χ4v) is 3.35. The van der Waals surface area contributed by atoms with Crippen molar-refractivity contribution >= 4 is 17.4 Å². The summed E-state index contributed by atoms with van der Waals surface area (Å²) in [6, 6.07) is 0. The number of nitrogens with one attached hydrogen (secondary N) is 1. The predicted octanol–water partition coefficient (Wildman–Crippen LogP) is 1.17. The van der Waals surface area contributed by atoms with Crippen LogP contribution in [0.3, 0.4) is 0 Å². The summed E-state index contributed by atoms with van der Waals surface area (Å²) in [5.41, 5.74) is 3.60. The average Bonchev–Trinajstić information content (AvgIpc) is 3.34. The van der Waals surface area contributed by atoms with Gasteiger partial charge in [0.2, 0.25) is 5.91 Å². The van der Waals surface area contributed by atoms with Gasteiger partial charge >= 0.3 is 0 Å². The van der Waals surface area contributed by atoms with Crippen molar-refractivity contribution in [3.63, 3.8) is 0 Å². The van der Waals surface area contributed by atoms with Gasteiger partial charge in [0.05, 0.1) is 24.8 Å². The van der Waals surface area contributed by atoms with Crippen LogP contribution in [0.2, 0.25) is 0 Å². The van der Waals surface area contributed by atoms with Gasteiger partial charge < -0.3 is 14.8 Å². The number of aromatic nitrogens is 6. The summed E-state index contributed by atoms with van der Waals surface area (Å²) in [5.74, 6) is 1.29. The van der Waals surface area contributed by atoms with E-state index in [0.717, 1.165) is 42.0 Å². The molecule has 0 saturated heterocycles. The Morgan fingerprint density at radius 2 is 2.11 bits per heavy atom. The van der Waals surface area contributed by atoms with Gasteiger partial charge in [0, 0.05) is 44.8 Å². The zero-order valence-electron chi connectivity index (χ0n) is 15.7. The van der Waals surface area contributed by atoms with E-state index in [1.807, 2.05) is 36.8 Å². The third-order valence-corrected chi connectivity index (χ3v) is 4.58. The van der Waals surface area contributed by atoms with Crippen molar-refractivity contribution in [2.24, 2.45) is 14.1 Å². The first-order valence-corrected chi connectivity index (χ1v) is 8.87. The molecule has 1 N–H and O–H groups in total. The van der Waals surface area contributed by atoms with Crippen molar-refractivity contribution in [2.75, 3.05) is 23.8 Å². The molecule has 0 atom stereocenters. The molecule has 3 aromatic heterocycles. The van der Waals surface area contributed by atoms with Crippen LogP contribution in [0, 0.1) is 0 Å². The molecule has 0 saturated carbocycles. The summed E-state index contributed by atoms with van der Waals surface area (Å²) in [4.78, 5) is 28.1. The Morgan fingerprint density at radius 3 is 2.81 bits per heavy atom. The molecule has 1 aliphatic carbocycles. The lowest BCUT2D eigenvalue weighted by Gasteiger charge is -2.21. The van der Waals surface area contributed by atoms with Crippen molar-refractivity contribution in [1.29, 1.82) is 0 Å². The van der Waals surface area contributed by atoms with E-state index in [0.29, 0.717) is 11.5 Å². The number of likely N-dealkylation sites (N-methyl/N-ethyl adjacent to an activating group) is 1. The Hall–Kier alpha value is -3.23. The van der Waals surface area contributed by atoms with Gasteiger partial charge in [-0.3, -0.25) is 9.48 Å². The molecule has 3 aromatic rings. The highest BCUT2D eigenvalue weighted by Crippen LogP contribution is 2.30. The van der Waals surface area contributed by atoms with Crippen LogP contribution >= 0.6 is 0 Å². The summed E-state index contributed by atoms with van der Waals surface area (Å²) in [7, 11) is 5.61. The number of anilines is 2. The van der Waals surface area contributed by atoms with E-state index in [9.17, 15) is 4.79 Å². The van der Waals surface area contributed by atoms with E-state index < -0.39 is 0 Å². The maximum Gasteiger partial charge on any atom is 0.244 e. The first-order valence-electron chi connectivity index (χ1n) is 8.87. The SMILES string of the molecule is CN(CC(=O)Nc1cnn(C)c1)c1nc(-c2cn(C)cn2)nc2c1CCC2. The van der Waals surface area contributed by atoms with Gasteiger partial charge in [0.15, 0.2) is 5.82 Å². The molecule has 0 radical (unpaired) electrons. The molecular formula is C18H22N8O. The summed E-state index contributed by atoms with van der Waals surface area (Å²) < 4.78 is 3.52. The lowest BCUT2D eigenvalue weighted by Crippen LogP contribution is -2.31. The average molecular weight is 366 g/mol. The van der Waals surface area contributed by atoms with Gasteiger partial charge in [0.25, 0.3) is 0 Å². The van der Waals surface area contributed by atoms with Crippen molar-refractivity contribution in [3.8, 4) is 11.5 Å². The molecule has 0 aliphatic heterocycles. The Labute approximate surface area is 157 Å². The molecular weight excluding hydrogens is 344 g/mol. The third-order valence-electron chi connectivity index (χ3n) is 4.58. The number of hydrogen-bond donors (Lipinski definition) is 1. The van der Waals surface area contributed by atoms with Gasteiger partial charge in [-0.25, -0.2) is 15.0 Å². The van der Waals surface area contributed by atoms with E-state index in [4.69, 9.17) is 9.97 Å². The minimum atomic E-state index is -0.116. The molecule has 0 fully saturated rings. The van der Waals surface area contributed by atoms with E-state index in [1.165, 1.54) is 0 Å². The van der Waals surface area contributed by atoms with E-state index in [1.54, 1.807) is 23.4 Å². The molecule has 27 heavy (non-hydrogen) atoms. The highest BCUT2D eigenvalue weighted by molar-refractivity contribution is 5.93. The quantitative estimate of drug-likeness (QED) is 0.729. The van der Waals surface area contributed by atoms with Crippen LogP contribution in [0.15, 0.2) is 24.9 Å². The predicted molar refractivity (Wildman–Crippen MR) is 101 cm³/mol. The maximum absolute atomic E-state index is 12.4. The minimum Gasteiger partial charge on any atom is -0.350 e. The summed E-state index contributed by atoms with van der Waals surface area (Å²) in [6.07, 6.45) is 9.94.